The fourth-order valence-electron chi connectivity index (χ4n) is 2.25. The molecule has 0 aliphatic rings. The molecule has 1 aromatic heterocycles. The van der Waals surface area contributed by atoms with E-state index in [0.717, 1.165) is 0 Å². The number of benzene rings is 2. The number of nitrogens with zero attached hydrogens (tertiary/aromatic N) is 1. The lowest BCUT2D eigenvalue weighted by Gasteiger charge is -2.14. The first-order chi connectivity index (χ1) is 14.4. The van der Waals surface area contributed by atoms with E-state index in [4.69, 9.17) is 32.7 Å². The van der Waals surface area contributed by atoms with E-state index >= 15 is 0 Å². The minimum absolute atomic E-state index is 0.311. The van der Waals surface area contributed by atoms with Crippen LogP contribution in [0.2, 0.25) is 10.0 Å². The maximum atomic E-state index is 12.1. The lowest BCUT2D eigenvalue weighted by molar-refractivity contribution is -0.127. The maximum absolute atomic E-state index is 12.1. The summed E-state index contributed by atoms with van der Waals surface area (Å²) in [6.45, 7) is 1.58. The number of rotatable bonds is 7. The van der Waals surface area contributed by atoms with Crippen LogP contribution in [0.15, 0.2) is 65.1 Å². The number of amides is 1. The molecule has 3 aromatic rings. The minimum atomic E-state index is -0.820. The standard InChI is InChI=1S/C21H16Cl2N2O4S/c1-13(28-18-9-6-15(22)11-17(18)23)20(26)25-24-12-14-4-7-16(8-5-14)29-21(27)19-3-2-10-30-19/h2-13H,1H3,(H,25,26)/b24-12+. The monoisotopic (exact) mass is 462 g/mol. The van der Waals surface area contributed by atoms with Gasteiger partial charge in [-0.05, 0) is 66.4 Å². The zero-order valence-electron chi connectivity index (χ0n) is 15.7. The van der Waals surface area contributed by atoms with Gasteiger partial charge in [0.1, 0.15) is 16.4 Å². The van der Waals surface area contributed by atoms with Crippen LogP contribution in [-0.2, 0) is 4.79 Å². The quantitative estimate of drug-likeness (QED) is 0.226. The number of halogens is 2. The number of hydrazone groups is 1. The molecule has 0 aliphatic carbocycles. The Labute approximate surface area is 187 Å². The number of carbonyl (C=O) groups is 2. The Bertz CT molecular complexity index is 1050. The molecule has 0 spiro atoms. The lowest BCUT2D eigenvalue weighted by Crippen LogP contribution is -2.33. The van der Waals surface area contributed by atoms with Crippen LogP contribution in [0, 0.1) is 0 Å². The highest BCUT2D eigenvalue weighted by atomic mass is 35.5. The molecule has 0 saturated carbocycles. The Kier molecular flexibility index (Phi) is 7.46. The maximum Gasteiger partial charge on any atom is 0.353 e. The number of nitrogens with one attached hydrogen (secondary N) is 1. The molecule has 9 heteroatoms. The van der Waals surface area contributed by atoms with E-state index in [2.05, 4.69) is 10.5 Å². The summed E-state index contributed by atoms with van der Waals surface area (Å²) < 4.78 is 10.8. The predicted octanol–water partition coefficient (Wildman–Crippen LogP) is 5.19. The van der Waals surface area contributed by atoms with E-state index in [1.807, 2.05) is 0 Å². The van der Waals surface area contributed by atoms with E-state index in [0.29, 0.717) is 32.0 Å². The van der Waals surface area contributed by atoms with Crippen molar-refractivity contribution >= 4 is 52.6 Å². The molecule has 0 aliphatic heterocycles. The molecule has 0 fully saturated rings. The number of hydrogen-bond acceptors (Lipinski definition) is 6. The van der Waals surface area contributed by atoms with Crippen LogP contribution in [0.25, 0.3) is 0 Å². The molecule has 3 rings (SSSR count). The van der Waals surface area contributed by atoms with Crippen molar-refractivity contribution in [3.05, 3.63) is 80.5 Å². The molecular formula is C21H16Cl2N2O4S. The van der Waals surface area contributed by atoms with E-state index in [1.54, 1.807) is 60.8 Å². The van der Waals surface area contributed by atoms with Crippen molar-refractivity contribution in [3.63, 3.8) is 0 Å². The molecule has 0 radical (unpaired) electrons. The topological polar surface area (TPSA) is 77.0 Å². The predicted molar refractivity (Wildman–Crippen MR) is 118 cm³/mol. The third-order valence-electron chi connectivity index (χ3n) is 3.77. The summed E-state index contributed by atoms with van der Waals surface area (Å²) in [6.07, 6.45) is 0.643. The van der Waals surface area contributed by atoms with Crippen molar-refractivity contribution in [2.45, 2.75) is 13.0 Å². The van der Waals surface area contributed by atoms with Gasteiger partial charge in [-0.2, -0.15) is 5.10 Å². The number of carbonyl (C=O) groups excluding carboxylic acids is 2. The molecular weight excluding hydrogens is 447 g/mol. The van der Waals surface area contributed by atoms with Crippen LogP contribution >= 0.6 is 34.5 Å². The van der Waals surface area contributed by atoms with Crippen LogP contribution in [0.4, 0.5) is 0 Å². The van der Waals surface area contributed by atoms with Gasteiger partial charge in [0.05, 0.1) is 11.2 Å². The van der Waals surface area contributed by atoms with Gasteiger partial charge in [0.25, 0.3) is 5.91 Å². The average molecular weight is 463 g/mol. The molecule has 0 bridgehead atoms. The number of esters is 1. The third kappa shape index (κ3) is 6.06. The van der Waals surface area contributed by atoms with Crippen LogP contribution in [0.5, 0.6) is 11.5 Å². The van der Waals surface area contributed by atoms with E-state index in [9.17, 15) is 9.59 Å². The molecule has 1 heterocycles. The highest BCUT2D eigenvalue weighted by Crippen LogP contribution is 2.28. The third-order valence-corrected chi connectivity index (χ3v) is 5.15. The van der Waals surface area contributed by atoms with Crippen LogP contribution in [-0.4, -0.2) is 24.2 Å². The highest BCUT2D eigenvalue weighted by Gasteiger charge is 2.15. The first kappa shape index (κ1) is 21.8. The summed E-state index contributed by atoms with van der Waals surface area (Å²) in [4.78, 5) is 24.6. The van der Waals surface area contributed by atoms with Crippen molar-refractivity contribution < 1.29 is 19.1 Å². The summed E-state index contributed by atoms with van der Waals surface area (Å²) in [6, 6.07) is 14.9. The van der Waals surface area contributed by atoms with Gasteiger partial charge >= 0.3 is 5.97 Å². The molecule has 30 heavy (non-hydrogen) atoms. The molecule has 1 amide bonds. The Hall–Kier alpha value is -2.87. The van der Waals surface area contributed by atoms with Gasteiger partial charge in [0.15, 0.2) is 6.10 Å². The van der Waals surface area contributed by atoms with Gasteiger partial charge in [-0.25, -0.2) is 10.2 Å². The molecule has 0 saturated heterocycles. The van der Waals surface area contributed by atoms with E-state index in [-0.39, 0.29) is 0 Å². The summed E-state index contributed by atoms with van der Waals surface area (Å²) in [5.74, 6) is -0.0935. The second-order valence-electron chi connectivity index (χ2n) is 6.00. The summed E-state index contributed by atoms with van der Waals surface area (Å²) in [5.41, 5.74) is 3.11. The van der Waals surface area contributed by atoms with Crippen molar-refractivity contribution in [2.24, 2.45) is 5.10 Å². The van der Waals surface area contributed by atoms with Gasteiger partial charge in [-0.3, -0.25) is 4.79 Å². The summed E-state index contributed by atoms with van der Waals surface area (Å²) in [5, 5.41) is 6.50. The van der Waals surface area contributed by atoms with Gasteiger partial charge in [-0.15, -0.1) is 11.3 Å². The van der Waals surface area contributed by atoms with Crippen molar-refractivity contribution in [3.8, 4) is 11.5 Å². The largest absolute Gasteiger partial charge is 0.479 e. The van der Waals surface area contributed by atoms with Crippen LogP contribution in [0.3, 0.4) is 0 Å². The number of ether oxygens (including phenoxy) is 2. The fourth-order valence-corrected chi connectivity index (χ4v) is 3.30. The van der Waals surface area contributed by atoms with Gasteiger partial charge in [0.2, 0.25) is 0 Å². The van der Waals surface area contributed by atoms with Crippen LogP contribution < -0.4 is 14.9 Å². The van der Waals surface area contributed by atoms with E-state index in [1.165, 1.54) is 23.6 Å². The Morgan fingerprint density at radius 1 is 1.13 bits per heavy atom. The highest BCUT2D eigenvalue weighted by molar-refractivity contribution is 7.12. The number of hydrogen-bond donors (Lipinski definition) is 1. The van der Waals surface area contributed by atoms with Crippen molar-refractivity contribution in [1.29, 1.82) is 0 Å². The van der Waals surface area contributed by atoms with Gasteiger partial charge < -0.3 is 9.47 Å². The molecule has 1 unspecified atom stereocenters. The first-order valence-electron chi connectivity index (χ1n) is 8.73. The smallest absolute Gasteiger partial charge is 0.353 e. The fraction of sp³-hybridized carbons (Fsp3) is 0.0952. The lowest BCUT2D eigenvalue weighted by atomic mass is 10.2. The SMILES string of the molecule is CC(Oc1ccc(Cl)cc1Cl)C(=O)N/N=C/c1ccc(OC(=O)c2cccs2)cc1. The van der Waals surface area contributed by atoms with Crippen molar-refractivity contribution in [1.82, 2.24) is 5.43 Å². The Balaban J connectivity index is 1.50. The van der Waals surface area contributed by atoms with E-state index < -0.39 is 18.0 Å². The zero-order chi connectivity index (χ0) is 21.5. The Morgan fingerprint density at radius 3 is 2.57 bits per heavy atom. The van der Waals surface area contributed by atoms with Gasteiger partial charge in [0, 0.05) is 5.02 Å². The molecule has 6 nitrogen and oxygen atoms in total. The normalized spacial score (nSPS) is 11.8. The first-order valence-corrected chi connectivity index (χ1v) is 10.4. The minimum Gasteiger partial charge on any atom is -0.479 e. The average Bonchev–Trinajstić information content (AvgIpc) is 3.26. The second-order valence-corrected chi connectivity index (χ2v) is 7.80. The Morgan fingerprint density at radius 2 is 1.90 bits per heavy atom. The van der Waals surface area contributed by atoms with Crippen LogP contribution in [0.1, 0.15) is 22.2 Å². The number of thiophene rings is 1. The molecule has 154 valence electrons. The second kappa shape index (κ2) is 10.2. The van der Waals surface area contributed by atoms with Gasteiger partial charge in [-0.1, -0.05) is 29.3 Å². The molecule has 1 N–H and O–H groups in total. The molecule has 1 atom stereocenters. The molecule has 2 aromatic carbocycles. The summed E-state index contributed by atoms with van der Waals surface area (Å²) >= 11 is 13.2. The zero-order valence-corrected chi connectivity index (χ0v) is 18.0. The van der Waals surface area contributed by atoms with Crippen molar-refractivity contribution in [2.75, 3.05) is 0 Å². The summed E-state index contributed by atoms with van der Waals surface area (Å²) in [7, 11) is 0.